The minimum atomic E-state index is -1.68. The molecule has 0 radical (unpaired) electrons. The first-order valence-corrected chi connectivity index (χ1v) is 7.88. The summed E-state index contributed by atoms with van der Waals surface area (Å²) in [5, 5.41) is 12.0. The highest BCUT2D eigenvalue weighted by molar-refractivity contribution is 5.90. The third-order valence-corrected chi connectivity index (χ3v) is 3.07. The Balaban J connectivity index is 5.06. The maximum absolute atomic E-state index is 12.0. The number of Topliss-reactive ketones (excluding diaryl/α,β-unsaturated/α-hetero) is 1. The molecule has 0 saturated carbocycles. The lowest BCUT2D eigenvalue weighted by Crippen LogP contribution is -2.56. The van der Waals surface area contributed by atoms with Gasteiger partial charge in [-0.05, 0) is 53.9 Å². The van der Waals surface area contributed by atoms with Crippen molar-refractivity contribution >= 4 is 23.7 Å². The van der Waals surface area contributed by atoms with Gasteiger partial charge in [-0.2, -0.15) is 0 Å². The minimum absolute atomic E-state index is 0.0975. The Hall–Kier alpha value is -2.12. The molecular formula is C16H29N3O5. The zero-order valence-corrected chi connectivity index (χ0v) is 15.1. The van der Waals surface area contributed by atoms with E-state index in [1.807, 2.05) is 0 Å². The van der Waals surface area contributed by atoms with Crippen molar-refractivity contribution in [1.82, 2.24) is 5.32 Å². The van der Waals surface area contributed by atoms with Gasteiger partial charge < -0.3 is 20.9 Å². The van der Waals surface area contributed by atoms with Crippen LogP contribution in [0.15, 0.2) is 4.99 Å². The molecule has 0 heterocycles. The molecule has 0 aliphatic carbocycles. The van der Waals surface area contributed by atoms with E-state index in [-0.39, 0.29) is 18.6 Å². The van der Waals surface area contributed by atoms with E-state index >= 15 is 0 Å². The van der Waals surface area contributed by atoms with Crippen LogP contribution in [0.1, 0.15) is 60.3 Å². The third-order valence-electron chi connectivity index (χ3n) is 3.07. The maximum atomic E-state index is 12.0. The van der Waals surface area contributed by atoms with Crippen molar-refractivity contribution in [2.45, 2.75) is 71.4 Å². The van der Waals surface area contributed by atoms with E-state index in [0.717, 1.165) is 0 Å². The predicted molar refractivity (Wildman–Crippen MR) is 91.0 cm³/mol. The molecule has 0 fully saturated rings. The van der Waals surface area contributed by atoms with Crippen molar-refractivity contribution < 1.29 is 24.2 Å². The molecule has 0 aromatic heterocycles. The smallest absolute Gasteiger partial charge is 0.408 e. The highest BCUT2D eigenvalue weighted by Crippen LogP contribution is 2.21. The highest BCUT2D eigenvalue weighted by atomic mass is 16.6. The number of hydrogen-bond acceptors (Lipinski definition) is 5. The largest absolute Gasteiger partial charge is 0.479 e. The number of amides is 1. The van der Waals surface area contributed by atoms with Gasteiger partial charge in [0.1, 0.15) is 16.9 Å². The summed E-state index contributed by atoms with van der Waals surface area (Å²) >= 11 is 0. The van der Waals surface area contributed by atoms with Crippen LogP contribution in [-0.2, 0) is 14.3 Å². The number of carbonyl (C=O) groups excluding carboxylic acids is 2. The van der Waals surface area contributed by atoms with Gasteiger partial charge in [0.05, 0.1) is 5.84 Å². The summed E-state index contributed by atoms with van der Waals surface area (Å²) < 4.78 is 5.12. The van der Waals surface area contributed by atoms with E-state index in [2.05, 4.69) is 10.3 Å². The standard InChI is InChI=1S/C16H29N3O5/c1-11(20)10-16(13(21)22,8-6-7-9-18-12(2)17)19-14(23)24-15(3,4)5/h6-10H2,1-5H3,(H2,17,18)(H,19,23)(H,21,22). The van der Waals surface area contributed by atoms with Crippen LogP contribution in [0.2, 0.25) is 0 Å². The van der Waals surface area contributed by atoms with Gasteiger partial charge in [-0.15, -0.1) is 0 Å². The molecule has 24 heavy (non-hydrogen) atoms. The molecule has 1 atom stereocenters. The van der Waals surface area contributed by atoms with Crippen LogP contribution in [0.25, 0.3) is 0 Å². The van der Waals surface area contributed by atoms with Crippen LogP contribution < -0.4 is 11.1 Å². The molecule has 8 heteroatoms. The Kier molecular flexibility index (Phi) is 8.43. The molecule has 0 aromatic rings. The van der Waals surface area contributed by atoms with Crippen LogP contribution in [0, 0.1) is 0 Å². The predicted octanol–water partition coefficient (Wildman–Crippen LogP) is 1.86. The number of alkyl carbamates (subject to hydrolysis) is 1. The van der Waals surface area contributed by atoms with Crippen LogP contribution in [0.4, 0.5) is 4.79 Å². The lowest BCUT2D eigenvalue weighted by Gasteiger charge is -2.31. The van der Waals surface area contributed by atoms with E-state index < -0.39 is 23.2 Å². The van der Waals surface area contributed by atoms with Crippen LogP contribution in [0.3, 0.4) is 0 Å². The summed E-state index contributed by atoms with van der Waals surface area (Å²) in [5.74, 6) is -1.14. The van der Waals surface area contributed by atoms with Crippen molar-refractivity contribution in [3.05, 3.63) is 0 Å². The summed E-state index contributed by atoms with van der Waals surface area (Å²) in [7, 11) is 0. The van der Waals surface area contributed by atoms with Gasteiger partial charge >= 0.3 is 12.1 Å². The summed E-state index contributed by atoms with van der Waals surface area (Å²) in [6, 6.07) is 0. The number of carboxylic acids is 1. The van der Waals surface area contributed by atoms with Crippen molar-refractivity contribution in [2.24, 2.45) is 10.7 Å². The van der Waals surface area contributed by atoms with Crippen LogP contribution >= 0.6 is 0 Å². The fraction of sp³-hybridized carbons (Fsp3) is 0.750. The number of aliphatic carboxylic acids is 1. The fourth-order valence-corrected chi connectivity index (χ4v) is 2.15. The SMILES string of the molecule is CC(=O)CC(CCCCN=C(C)N)(NC(=O)OC(C)(C)C)C(=O)O. The van der Waals surface area contributed by atoms with E-state index in [0.29, 0.717) is 25.2 Å². The number of amidine groups is 1. The Bertz CT molecular complexity index is 492. The van der Waals surface area contributed by atoms with E-state index in [1.54, 1.807) is 27.7 Å². The number of nitrogens with two attached hydrogens (primary N) is 1. The minimum Gasteiger partial charge on any atom is -0.479 e. The zero-order chi connectivity index (χ0) is 19.0. The quantitative estimate of drug-likeness (QED) is 0.333. The van der Waals surface area contributed by atoms with Crippen molar-refractivity contribution in [2.75, 3.05) is 6.54 Å². The highest BCUT2D eigenvalue weighted by Gasteiger charge is 2.41. The maximum Gasteiger partial charge on any atom is 0.408 e. The number of ether oxygens (including phenoxy) is 1. The summed E-state index contributed by atoms with van der Waals surface area (Å²) in [5.41, 5.74) is 2.99. The monoisotopic (exact) mass is 343 g/mol. The molecular weight excluding hydrogens is 314 g/mol. The van der Waals surface area contributed by atoms with Gasteiger partial charge in [0.2, 0.25) is 0 Å². The Labute approximate surface area is 142 Å². The topological polar surface area (TPSA) is 131 Å². The molecule has 0 aliphatic heterocycles. The molecule has 8 nitrogen and oxygen atoms in total. The lowest BCUT2D eigenvalue weighted by atomic mass is 9.87. The van der Waals surface area contributed by atoms with Gasteiger partial charge in [-0.25, -0.2) is 9.59 Å². The number of unbranched alkanes of at least 4 members (excludes halogenated alkanes) is 1. The third kappa shape index (κ3) is 9.12. The second kappa shape index (κ2) is 9.24. The Morgan fingerprint density at radius 3 is 2.17 bits per heavy atom. The number of nitrogens with zero attached hydrogens (tertiary/aromatic N) is 1. The van der Waals surface area contributed by atoms with Crippen molar-refractivity contribution in [3.63, 3.8) is 0 Å². The first kappa shape index (κ1) is 21.9. The first-order valence-electron chi connectivity index (χ1n) is 7.88. The van der Waals surface area contributed by atoms with E-state index in [9.17, 15) is 19.5 Å². The number of rotatable bonds is 9. The van der Waals surface area contributed by atoms with E-state index in [1.165, 1.54) is 6.92 Å². The van der Waals surface area contributed by atoms with E-state index in [4.69, 9.17) is 10.5 Å². The molecule has 0 rings (SSSR count). The van der Waals surface area contributed by atoms with Crippen molar-refractivity contribution in [3.8, 4) is 0 Å². The first-order chi connectivity index (χ1) is 10.9. The van der Waals surface area contributed by atoms with Crippen LogP contribution in [-0.4, -0.2) is 46.5 Å². The number of carbonyl (C=O) groups is 3. The molecule has 0 aromatic carbocycles. The summed E-state index contributed by atoms with van der Waals surface area (Å²) in [6.45, 7) is 8.44. The molecule has 138 valence electrons. The summed E-state index contributed by atoms with van der Waals surface area (Å²) in [4.78, 5) is 39.3. The number of carboxylic acid groups (broad SMARTS) is 1. The molecule has 0 saturated heterocycles. The summed E-state index contributed by atoms with van der Waals surface area (Å²) in [6.07, 6.45) is -0.00741. The van der Waals surface area contributed by atoms with Gasteiger partial charge in [0.15, 0.2) is 0 Å². The molecule has 0 aliphatic rings. The zero-order valence-electron chi connectivity index (χ0n) is 15.1. The molecule has 0 spiro atoms. The average molecular weight is 343 g/mol. The van der Waals surface area contributed by atoms with Gasteiger partial charge in [0, 0.05) is 13.0 Å². The van der Waals surface area contributed by atoms with Gasteiger partial charge in [-0.1, -0.05) is 0 Å². The number of aliphatic imine (C=N–C) groups is 1. The number of ketones is 1. The van der Waals surface area contributed by atoms with Gasteiger partial charge in [0.25, 0.3) is 0 Å². The molecule has 1 amide bonds. The fourth-order valence-electron chi connectivity index (χ4n) is 2.15. The number of hydrogen-bond donors (Lipinski definition) is 3. The van der Waals surface area contributed by atoms with Crippen LogP contribution in [0.5, 0.6) is 0 Å². The van der Waals surface area contributed by atoms with Gasteiger partial charge in [-0.3, -0.25) is 9.79 Å². The second-order valence-corrected chi connectivity index (χ2v) is 6.87. The second-order valence-electron chi connectivity index (χ2n) is 6.87. The molecule has 0 bridgehead atoms. The average Bonchev–Trinajstić information content (AvgIpc) is 2.34. The molecule has 4 N–H and O–H groups in total. The Morgan fingerprint density at radius 1 is 1.17 bits per heavy atom. The Morgan fingerprint density at radius 2 is 1.75 bits per heavy atom. The molecule has 1 unspecified atom stereocenters. The van der Waals surface area contributed by atoms with Crippen molar-refractivity contribution in [1.29, 1.82) is 0 Å². The number of nitrogens with one attached hydrogen (secondary N) is 1. The normalized spacial score (nSPS) is 14.6. The lowest BCUT2D eigenvalue weighted by molar-refractivity contribution is -0.147.